The average Bonchev–Trinajstić information content (AvgIpc) is 3.28. The van der Waals surface area contributed by atoms with E-state index >= 15 is 0 Å². The van der Waals surface area contributed by atoms with Gasteiger partial charge in [0.15, 0.2) is 0 Å². The van der Waals surface area contributed by atoms with Crippen LogP contribution < -0.4 is 10.0 Å². The van der Waals surface area contributed by atoms with Gasteiger partial charge in [0.2, 0.25) is 10.0 Å². The Bertz CT molecular complexity index is 1250. The summed E-state index contributed by atoms with van der Waals surface area (Å²) in [6, 6.07) is 5.77. The predicted molar refractivity (Wildman–Crippen MR) is 126 cm³/mol. The van der Waals surface area contributed by atoms with E-state index in [1.54, 1.807) is 30.2 Å². The van der Waals surface area contributed by atoms with Gasteiger partial charge in [-0.25, -0.2) is 18.1 Å². The molecule has 0 aliphatic rings. The van der Waals surface area contributed by atoms with Crippen LogP contribution in [0.5, 0.6) is 0 Å². The quantitative estimate of drug-likeness (QED) is 0.358. The van der Waals surface area contributed by atoms with E-state index in [-0.39, 0.29) is 5.75 Å². The van der Waals surface area contributed by atoms with Crippen molar-refractivity contribution >= 4 is 33.0 Å². The summed E-state index contributed by atoms with van der Waals surface area (Å²) in [5.41, 5.74) is 2.16. The smallest absolute Gasteiger partial charge is 0.257 e. The van der Waals surface area contributed by atoms with Gasteiger partial charge < -0.3 is 5.32 Å². The monoisotopic (exact) mass is 456 g/mol. The second kappa shape index (κ2) is 10.3. The maximum absolute atomic E-state index is 12.3. The van der Waals surface area contributed by atoms with Crippen molar-refractivity contribution in [3.8, 4) is 5.82 Å². The summed E-state index contributed by atoms with van der Waals surface area (Å²) < 4.78 is 29.9. The fourth-order valence-electron chi connectivity index (χ4n) is 3.29. The Hall–Kier alpha value is -3.40. The van der Waals surface area contributed by atoms with E-state index in [0.29, 0.717) is 11.3 Å². The molecule has 3 heterocycles. The van der Waals surface area contributed by atoms with Crippen molar-refractivity contribution in [2.45, 2.75) is 26.7 Å². The third kappa shape index (κ3) is 5.64. The lowest BCUT2D eigenvalue weighted by Crippen LogP contribution is -2.30. The van der Waals surface area contributed by atoms with Crippen molar-refractivity contribution in [3.05, 3.63) is 60.2 Å². The number of pyridine rings is 1. The van der Waals surface area contributed by atoms with Gasteiger partial charge >= 0.3 is 0 Å². The van der Waals surface area contributed by atoms with Crippen molar-refractivity contribution in [1.82, 2.24) is 29.4 Å². The molecule has 3 aromatic rings. The van der Waals surface area contributed by atoms with E-state index < -0.39 is 15.9 Å². The lowest BCUT2D eigenvalue weighted by molar-refractivity contribution is -0.114. The number of hydrogen-bond donors (Lipinski definition) is 2. The van der Waals surface area contributed by atoms with E-state index in [1.165, 1.54) is 12.2 Å². The SMILES string of the molecule is CCCCNC=CCS(=O)(=O)NC(=O)/C=C/c1c(C)nn(C)c1-n1ccc2cccnc21. The summed E-state index contributed by atoms with van der Waals surface area (Å²) in [6.45, 7) is 4.68. The molecule has 0 radical (unpaired) electrons. The van der Waals surface area contributed by atoms with Crippen molar-refractivity contribution in [2.24, 2.45) is 7.05 Å². The van der Waals surface area contributed by atoms with Gasteiger partial charge in [0.05, 0.1) is 11.4 Å². The fraction of sp³-hybridized carbons (Fsp3) is 0.318. The maximum atomic E-state index is 12.3. The maximum Gasteiger partial charge on any atom is 0.257 e. The summed E-state index contributed by atoms with van der Waals surface area (Å²) in [4.78, 5) is 16.7. The molecule has 0 bridgehead atoms. The molecule has 0 fully saturated rings. The van der Waals surface area contributed by atoms with Gasteiger partial charge in [0.25, 0.3) is 5.91 Å². The molecule has 1 amide bonds. The van der Waals surface area contributed by atoms with Gasteiger partial charge in [-0.05, 0) is 43.8 Å². The first-order valence-corrected chi connectivity index (χ1v) is 12.0. The minimum Gasteiger partial charge on any atom is -0.391 e. The summed E-state index contributed by atoms with van der Waals surface area (Å²) >= 11 is 0. The molecule has 170 valence electrons. The first kappa shape index (κ1) is 23.3. The molecule has 0 aliphatic heterocycles. The summed E-state index contributed by atoms with van der Waals surface area (Å²) in [6.07, 6.45) is 11.5. The third-order valence-corrected chi connectivity index (χ3v) is 5.94. The van der Waals surface area contributed by atoms with E-state index in [1.807, 2.05) is 35.9 Å². The highest BCUT2D eigenvalue weighted by atomic mass is 32.2. The first-order valence-electron chi connectivity index (χ1n) is 10.4. The Kier molecular flexibility index (Phi) is 7.47. The third-order valence-electron chi connectivity index (χ3n) is 4.80. The van der Waals surface area contributed by atoms with Crippen LogP contribution >= 0.6 is 0 Å². The van der Waals surface area contributed by atoms with Crippen LogP contribution in [0.3, 0.4) is 0 Å². The first-order chi connectivity index (χ1) is 15.3. The van der Waals surface area contributed by atoms with Gasteiger partial charge in [-0.3, -0.25) is 14.0 Å². The molecule has 9 nitrogen and oxygen atoms in total. The molecule has 2 N–H and O–H groups in total. The fourth-order valence-corrected chi connectivity index (χ4v) is 4.10. The van der Waals surface area contributed by atoms with E-state index in [0.717, 1.165) is 36.2 Å². The number of fused-ring (bicyclic) bond motifs is 1. The van der Waals surface area contributed by atoms with Crippen LogP contribution in [-0.4, -0.2) is 46.0 Å². The largest absolute Gasteiger partial charge is 0.391 e. The number of carbonyl (C=O) groups excluding carboxylic acids is 1. The Morgan fingerprint density at radius 3 is 2.88 bits per heavy atom. The van der Waals surface area contributed by atoms with Crippen LogP contribution in [0.1, 0.15) is 31.0 Å². The van der Waals surface area contributed by atoms with Gasteiger partial charge in [-0.2, -0.15) is 5.10 Å². The number of aromatic nitrogens is 4. The molecule has 0 unspecified atom stereocenters. The predicted octanol–water partition coefficient (Wildman–Crippen LogP) is 2.43. The van der Waals surface area contributed by atoms with Gasteiger partial charge in [0.1, 0.15) is 11.5 Å². The lowest BCUT2D eigenvalue weighted by atomic mass is 10.2. The standard InChI is InChI=1S/C22H28N6O3S/c1-4-5-12-23-13-7-16-32(30,31)26-20(29)10-9-19-17(2)25-27(3)22(19)28-15-11-18-8-6-14-24-21(18)28/h6-11,13-15,23H,4-5,12,16H2,1-3H3,(H,26,29)/b10-9+,13-7?. The highest BCUT2D eigenvalue weighted by Crippen LogP contribution is 2.24. The topological polar surface area (TPSA) is 111 Å². The van der Waals surface area contributed by atoms with Gasteiger partial charge in [-0.1, -0.05) is 19.4 Å². The highest BCUT2D eigenvalue weighted by molar-refractivity contribution is 7.90. The number of hydrogen-bond acceptors (Lipinski definition) is 6. The zero-order valence-electron chi connectivity index (χ0n) is 18.4. The van der Waals surface area contributed by atoms with Gasteiger partial charge in [-0.15, -0.1) is 0 Å². The Labute approximate surface area is 187 Å². The number of nitrogens with one attached hydrogen (secondary N) is 2. The Morgan fingerprint density at radius 2 is 2.09 bits per heavy atom. The molecule has 0 aliphatic carbocycles. The number of aryl methyl sites for hydroxylation is 2. The number of nitrogens with zero attached hydrogens (tertiary/aromatic N) is 4. The molecule has 0 saturated heterocycles. The Balaban J connectivity index is 1.74. The van der Waals surface area contributed by atoms with Crippen molar-refractivity contribution < 1.29 is 13.2 Å². The van der Waals surface area contributed by atoms with Crippen LogP contribution in [0.2, 0.25) is 0 Å². The number of sulfonamides is 1. The van der Waals surface area contributed by atoms with Crippen molar-refractivity contribution in [3.63, 3.8) is 0 Å². The molecule has 0 aromatic carbocycles. The van der Waals surface area contributed by atoms with Crippen LogP contribution in [0, 0.1) is 6.92 Å². The van der Waals surface area contributed by atoms with Crippen LogP contribution in [0.25, 0.3) is 22.9 Å². The zero-order valence-corrected chi connectivity index (χ0v) is 19.3. The van der Waals surface area contributed by atoms with Crippen LogP contribution in [0.15, 0.2) is 48.9 Å². The second-order valence-electron chi connectivity index (χ2n) is 7.34. The van der Waals surface area contributed by atoms with E-state index in [4.69, 9.17) is 0 Å². The van der Waals surface area contributed by atoms with Crippen molar-refractivity contribution in [1.29, 1.82) is 0 Å². The summed E-state index contributed by atoms with van der Waals surface area (Å²) in [7, 11) is -1.97. The number of unbranched alkanes of at least 4 members (excludes halogenated alkanes) is 1. The molecule has 10 heteroatoms. The lowest BCUT2D eigenvalue weighted by Gasteiger charge is -2.07. The minimum absolute atomic E-state index is 0.288. The summed E-state index contributed by atoms with van der Waals surface area (Å²) in [5.74, 6) is -0.282. The summed E-state index contributed by atoms with van der Waals surface area (Å²) in [5, 5.41) is 8.43. The molecular weight excluding hydrogens is 428 g/mol. The van der Waals surface area contributed by atoms with Gasteiger partial charge in [0, 0.05) is 43.0 Å². The Morgan fingerprint density at radius 1 is 1.28 bits per heavy atom. The average molecular weight is 457 g/mol. The number of carbonyl (C=O) groups is 1. The molecule has 0 atom stereocenters. The molecule has 3 rings (SSSR count). The van der Waals surface area contributed by atoms with Crippen molar-refractivity contribution in [2.75, 3.05) is 12.3 Å². The van der Waals surface area contributed by atoms with Crippen LogP contribution in [-0.2, 0) is 21.9 Å². The number of amides is 1. The highest BCUT2D eigenvalue weighted by Gasteiger charge is 2.16. The second-order valence-corrected chi connectivity index (χ2v) is 9.11. The molecule has 0 saturated carbocycles. The molecule has 3 aromatic heterocycles. The zero-order chi connectivity index (χ0) is 23.1. The normalized spacial score (nSPS) is 12.2. The van der Waals surface area contributed by atoms with Crippen LogP contribution in [0.4, 0.5) is 0 Å². The number of rotatable bonds is 10. The minimum atomic E-state index is -3.78. The van der Waals surface area contributed by atoms with E-state index in [9.17, 15) is 13.2 Å². The van der Waals surface area contributed by atoms with E-state index in [2.05, 4.69) is 27.0 Å². The molecule has 32 heavy (non-hydrogen) atoms. The molecular formula is C22H28N6O3S. The molecule has 0 spiro atoms.